The molecule has 204 valence electrons. The summed E-state index contributed by atoms with van der Waals surface area (Å²) in [5, 5.41) is 9.73. The molecule has 0 spiro atoms. The van der Waals surface area contributed by atoms with Crippen LogP contribution in [0.1, 0.15) is 61.2 Å². The molecule has 1 aromatic carbocycles. The summed E-state index contributed by atoms with van der Waals surface area (Å²) in [5.74, 6) is 1.44. The Balaban J connectivity index is 1.29. The molecule has 4 heterocycles. The van der Waals surface area contributed by atoms with Crippen LogP contribution in [0.2, 0.25) is 0 Å². The van der Waals surface area contributed by atoms with E-state index in [-0.39, 0.29) is 23.2 Å². The van der Waals surface area contributed by atoms with Crippen LogP contribution in [-0.4, -0.2) is 68.2 Å². The molecule has 1 atom stereocenters. The lowest BCUT2D eigenvalue weighted by Crippen LogP contribution is -2.48. The molecule has 1 saturated heterocycles. The van der Waals surface area contributed by atoms with E-state index >= 15 is 0 Å². The number of benzene rings is 1. The summed E-state index contributed by atoms with van der Waals surface area (Å²) in [6.45, 7) is 5.46. The van der Waals surface area contributed by atoms with Gasteiger partial charge in [0.15, 0.2) is 0 Å². The Hall–Kier alpha value is -3.27. The number of fused-ring (bicyclic) bond motifs is 1. The van der Waals surface area contributed by atoms with Gasteiger partial charge < -0.3 is 19.0 Å². The number of aryl methyl sites for hydroxylation is 1. The van der Waals surface area contributed by atoms with Crippen molar-refractivity contribution in [3.63, 3.8) is 0 Å². The number of aromatic amines is 1. The molecule has 0 amide bonds. The highest BCUT2D eigenvalue weighted by molar-refractivity contribution is 5.84. The fourth-order valence-electron chi connectivity index (χ4n) is 6.67. The van der Waals surface area contributed by atoms with Crippen molar-refractivity contribution in [3.05, 3.63) is 75.9 Å². The van der Waals surface area contributed by atoms with Crippen molar-refractivity contribution < 1.29 is 9.47 Å². The summed E-state index contributed by atoms with van der Waals surface area (Å²) in [6.07, 6.45) is 8.25. The summed E-state index contributed by atoms with van der Waals surface area (Å²) in [4.78, 5) is 19.9. The number of hydrogen-bond acceptors (Lipinski definition) is 6. The first-order valence-electron chi connectivity index (χ1n) is 14.0. The van der Waals surface area contributed by atoms with Gasteiger partial charge in [0, 0.05) is 56.8 Å². The van der Waals surface area contributed by atoms with Crippen LogP contribution in [0, 0.1) is 0 Å². The monoisotopic (exact) mass is 528 g/mol. The van der Waals surface area contributed by atoms with E-state index in [0.717, 1.165) is 67.2 Å². The molecule has 7 rings (SSSR count). The molecular formula is C30H36N6O3. The van der Waals surface area contributed by atoms with Crippen LogP contribution in [0.3, 0.4) is 0 Å². The molecule has 3 fully saturated rings. The zero-order chi connectivity index (χ0) is 26.7. The molecule has 9 nitrogen and oxygen atoms in total. The highest BCUT2D eigenvalue weighted by Gasteiger charge is 2.50. The Morgan fingerprint density at radius 1 is 1.23 bits per heavy atom. The van der Waals surface area contributed by atoms with Gasteiger partial charge in [-0.1, -0.05) is 12.1 Å². The molecule has 9 heteroatoms. The van der Waals surface area contributed by atoms with Gasteiger partial charge in [0.2, 0.25) is 0 Å². The Bertz CT molecular complexity index is 1580. The van der Waals surface area contributed by atoms with E-state index in [0.29, 0.717) is 11.4 Å². The maximum atomic E-state index is 14.0. The van der Waals surface area contributed by atoms with Gasteiger partial charge in [-0.05, 0) is 67.9 Å². The summed E-state index contributed by atoms with van der Waals surface area (Å²) in [7, 11) is 3.75. The van der Waals surface area contributed by atoms with Crippen molar-refractivity contribution in [1.82, 2.24) is 29.2 Å². The quantitative estimate of drug-likeness (QED) is 0.394. The standard InChI is InChI=1S/C30H36N6O3/c1-19-15-35(9-10-39-19)16-22-12-25-26(20-7-8-20)17-36(28(37)27(25)32-22)23-6-4-5-21(11-23)30(13-24(14-30)38-3)29-33-31-18-34(29)2/h4-6,11-12,17-20,24,32H,7-10,13-16H2,1-3H3/t19-,24?,30?/m1/s1. The third kappa shape index (κ3) is 4.23. The lowest BCUT2D eigenvalue weighted by molar-refractivity contribution is -0.0215. The van der Waals surface area contributed by atoms with Crippen molar-refractivity contribution in [2.75, 3.05) is 26.8 Å². The van der Waals surface area contributed by atoms with Crippen molar-refractivity contribution in [2.24, 2.45) is 7.05 Å². The van der Waals surface area contributed by atoms with Crippen molar-refractivity contribution in [2.45, 2.75) is 62.7 Å². The fraction of sp³-hybridized carbons (Fsp3) is 0.500. The molecule has 2 aliphatic carbocycles. The third-order valence-corrected chi connectivity index (χ3v) is 8.92. The Labute approximate surface area is 227 Å². The minimum atomic E-state index is -0.288. The van der Waals surface area contributed by atoms with Gasteiger partial charge in [-0.2, -0.15) is 0 Å². The Kier molecular flexibility index (Phi) is 5.98. The zero-order valence-corrected chi connectivity index (χ0v) is 22.9. The average molecular weight is 529 g/mol. The number of nitrogens with one attached hydrogen (secondary N) is 1. The average Bonchev–Trinajstić information content (AvgIpc) is 3.52. The number of nitrogens with zero attached hydrogens (tertiary/aromatic N) is 5. The molecule has 1 N–H and O–H groups in total. The normalized spacial score (nSPS) is 25.7. The van der Waals surface area contributed by atoms with Crippen LogP contribution < -0.4 is 5.56 Å². The number of H-pyrrole nitrogens is 1. The summed E-state index contributed by atoms with van der Waals surface area (Å²) >= 11 is 0. The largest absolute Gasteiger partial charge is 0.381 e. The van der Waals surface area contributed by atoms with Crippen LogP contribution in [0.25, 0.3) is 16.6 Å². The fourth-order valence-corrected chi connectivity index (χ4v) is 6.67. The van der Waals surface area contributed by atoms with Crippen molar-refractivity contribution in [1.29, 1.82) is 0 Å². The maximum absolute atomic E-state index is 14.0. The van der Waals surface area contributed by atoms with Gasteiger partial charge >= 0.3 is 0 Å². The SMILES string of the molecule is COC1CC(c2cccc(-n3cc(C4CC4)c4cc(CN5CCO[C@H](C)C5)[nH]c4c3=O)c2)(c2nncn2C)C1. The summed E-state index contributed by atoms with van der Waals surface area (Å²) < 4.78 is 15.2. The minimum Gasteiger partial charge on any atom is -0.381 e. The number of rotatable bonds is 7. The number of pyridine rings is 1. The first-order valence-corrected chi connectivity index (χ1v) is 14.0. The lowest BCUT2D eigenvalue weighted by atomic mass is 9.62. The molecule has 2 saturated carbocycles. The molecule has 1 aliphatic heterocycles. The van der Waals surface area contributed by atoms with E-state index in [2.05, 4.69) is 57.5 Å². The second kappa shape index (κ2) is 9.43. The van der Waals surface area contributed by atoms with E-state index in [9.17, 15) is 4.79 Å². The van der Waals surface area contributed by atoms with E-state index in [1.54, 1.807) is 13.4 Å². The van der Waals surface area contributed by atoms with Crippen LogP contribution in [0.15, 0.2) is 47.7 Å². The smallest absolute Gasteiger partial charge is 0.279 e. The van der Waals surface area contributed by atoms with Crippen LogP contribution in [0.5, 0.6) is 0 Å². The van der Waals surface area contributed by atoms with Crippen LogP contribution >= 0.6 is 0 Å². The van der Waals surface area contributed by atoms with E-state index in [4.69, 9.17) is 9.47 Å². The number of morpholine rings is 1. The Morgan fingerprint density at radius 3 is 2.79 bits per heavy atom. The van der Waals surface area contributed by atoms with Gasteiger partial charge in [0.05, 0.1) is 24.2 Å². The lowest BCUT2D eigenvalue weighted by Gasteiger charge is -2.46. The number of methoxy groups -OCH3 is 1. The van der Waals surface area contributed by atoms with Gasteiger partial charge in [-0.3, -0.25) is 14.3 Å². The van der Waals surface area contributed by atoms with Gasteiger partial charge in [-0.25, -0.2) is 0 Å². The second-order valence-corrected chi connectivity index (χ2v) is 11.7. The van der Waals surface area contributed by atoms with Gasteiger partial charge in [0.25, 0.3) is 5.56 Å². The number of ether oxygens (including phenoxy) is 2. The second-order valence-electron chi connectivity index (χ2n) is 11.7. The molecule has 4 aromatic rings. The minimum absolute atomic E-state index is 0.00997. The topological polar surface area (TPSA) is 90.2 Å². The van der Waals surface area contributed by atoms with Crippen molar-refractivity contribution >= 4 is 10.9 Å². The van der Waals surface area contributed by atoms with Gasteiger partial charge in [0.1, 0.15) is 17.7 Å². The molecule has 0 bridgehead atoms. The Morgan fingerprint density at radius 2 is 2.08 bits per heavy atom. The highest BCUT2D eigenvalue weighted by atomic mass is 16.5. The summed E-state index contributed by atoms with van der Waals surface area (Å²) in [6, 6.07) is 10.6. The number of hydrogen-bond donors (Lipinski definition) is 1. The predicted octanol–water partition coefficient (Wildman–Crippen LogP) is 3.64. The van der Waals surface area contributed by atoms with E-state index in [1.165, 1.54) is 18.4 Å². The molecule has 39 heavy (non-hydrogen) atoms. The van der Waals surface area contributed by atoms with Crippen molar-refractivity contribution in [3.8, 4) is 5.69 Å². The zero-order valence-electron chi connectivity index (χ0n) is 22.9. The third-order valence-electron chi connectivity index (χ3n) is 8.92. The summed E-state index contributed by atoms with van der Waals surface area (Å²) in [5.41, 5.74) is 4.77. The van der Waals surface area contributed by atoms with Crippen LogP contribution in [0.4, 0.5) is 0 Å². The molecule has 3 aromatic heterocycles. The maximum Gasteiger partial charge on any atom is 0.279 e. The predicted molar refractivity (Wildman–Crippen MR) is 148 cm³/mol. The molecule has 0 unspecified atom stereocenters. The molecule has 0 radical (unpaired) electrons. The first-order chi connectivity index (χ1) is 18.9. The molecular weight excluding hydrogens is 492 g/mol. The highest BCUT2D eigenvalue weighted by Crippen LogP contribution is 2.49. The molecule has 3 aliphatic rings. The van der Waals surface area contributed by atoms with E-state index in [1.807, 2.05) is 22.2 Å². The van der Waals surface area contributed by atoms with Crippen LogP contribution in [-0.2, 0) is 28.5 Å². The number of aromatic nitrogens is 5. The first kappa shape index (κ1) is 24.7. The van der Waals surface area contributed by atoms with E-state index < -0.39 is 0 Å². The van der Waals surface area contributed by atoms with Gasteiger partial charge in [-0.15, -0.1) is 10.2 Å².